The van der Waals surface area contributed by atoms with Crippen LogP contribution < -0.4 is 5.32 Å². The van der Waals surface area contributed by atoms with Gasteiger partial charge in [-0.15, -0.1) is 11.3 Å². The maximum absolute atomic E-state index is 6.13. The number of aromatic nitrogens is 2. The van der Waals surface area contributed by atoms with E-state index in [1.54, 1.807) is 23.5 Å². The van der Waals surface area contributed by atoms with Crippen molar-refractivity contribution < 1.29 is 0 Å². The van der Waals surface area contributed by atoms with Crippen LogP contribution in [0, 0.1) is 6.92 Å². The summed E-state index contributed by atoms with van der Waals surface area (Å²) in [5.74, 6) is 1.45. The lowest BCUT2D eigenvalue weighted by atomic mass is 10.2. The van der Waals surface area contributed by atoms with Gasteiger partial charge < -0.3 is 5.32 Å². The summed E-state index contributed by atoms with van der Waals surface area (Å²) in [5.41, 5.74) is 1.81. The summed E-state index contributed by atoms with van der Waals surface area (Å²) in [4.78, 5) is 11.6. The lowest BCUT2D eigenvalue weighted by molar-refractivity contribution is 1.23. The molecule has 4 rings (SSSR count). The van der Waals surface area contributed by atoms with Crippen LogP contribution in [0.5, 0.6) is 0 Å². The molecule has 2 heterocycles. The normalized spacial score (nSPS) is 11.0. The quantitative estimate of drug-likeness (QED) is 0.425. The van der Waals surface area contributed by atoms with Crippen LogP contribution >= 0.6 is 34.5 Å². The van der Waals surface area contributed by atoms with Gasteiger partial charge in [-0.25, -0.2) is 9.97 Å². The smallest absolute Gasteiger partial charge is 0.163 e. The topological polar surface area (TPSA) is 37.8 Å². The van der Waals surface area contributed by atoms with Gasteiger partial charge in [0.1, 0.15) is 10.6 Å². The first-order chi connectivity index (χ1) is 12.1. The maximum atomic E-state index is 6.13. The summed E-state index contributed by atoms with van der Waals surface area (Å²) < 4.78 is 0. The number of thiophene rings is 1. The summed E-state index contributed by atoms with van der Waals surface area (Å²) in [7, 11) is 0. The zero-order valence-electron chi connectivity index (χ0n) is 13.3. The van der Waals surface area contributed by atoms with Gasteiger partial charge in [-0.1, -0.05) is 53.5 Å². The van der Waals surface area contributed by atoms with Crippen LogP contribution in [0.1, 0.15) is 4.88 Å². The minimum Gasteiger partial charge on any atom is -0.340 e. The number of halogens is 2. The average molecular weight is 386 g/mol. The SMILES string of the molecule is Cc1cc2c(Nc3ccc(Cl)c(Cl)c3)nc(-c3ccccc3)nc2s1. The first-order valence-corrected chi connectivity index (χ1v) is 9.23. The molecule has 0 amide bonds. The second kappa shape index (κ2) is 6.64. The van der Waals surface area contributed by atoms with Crippen molar-refractivity contribution in [2.24, 2.45) is 0 Å². The number of hydrogen-bond acceptors (Lipinski definition) is 4. The Morgan fingerprint density at radius 1 is 0.920 bits per heavy atom. The van der Waals surface area contributed by atoms with Gasteiger partial charge in [-0.2, -0.15) is 0 Å². The highest BCUT2D eigenvalue weighted by atomic mass is 35.5. The number of anilines is 2. The number of hydrogen-bond donors (Lipinski definition) is 1. The van der Waals surface area contributed by atoms with E-state index in [1.807, 2.05) is 36.4 Å². The van der Waals surface area contributed by atoms with Crippen LogP contribution in [0.25, 0.3) is 21.6 Å². The van der Waals surface area contributed by atoms with E-state index in [-0.39, 0.29) is 0 Å². The van der Waals surface area contributed by atoms with E-state index in [2.05, 4.69) is 18.3 Å². The fraction of sp³-hybridized carbons (Fsp3) is 0.0526. The fourth-order valence-electron chi connectivity index (χ4n) is 2.56. The van der Waals surface area contributed by atoms with Crippen LogP contribution in [-0.2, 0) is 0 Å². The molecule has 0 fully saturated rings. The number of rotatable bonds is 3. The fourth-order valence-corrected chi connectivity index (χ4v) is 3.74. The minimum atomic E-state index is 0.502. The second-order valence-corrected chi connectivity index (χ2v) is 7.64. The Hall–Kier alpha value is -2.14. The van der Waals surface area contributed by atoms with Gasteiger partial charge in [0.25, 0.3) is 0 Å². The third kappa shape index (κ3) is 3.33. The van der Waals surface area contributed by atoms with Gasteiger partial charge in [0.05, 0.1) is 15.4 Å². The zero-order valence-corrected chi connectivity index (χ0v) is 15.6. The number of benzene rings is 2. The lowest BCUT2D eigenvalue weighted by Crippen LogP contribution is -1.98. The molecule has 0 atom stereocenters. The molecule has 2 aromatic carbocycles. The zero-order chi connectivity index (χ0) is 17.4. The Balaban J connectivity index is 1.84. The number of aryl methyl sites for hydroxylation is 1. The van der Waals surface area contributed by atoms with Crippen molar-refractivity contribution >= 4 is 56.3 Å². The van der Waals surface area contributed by atoms with Gasteiger partial charge >= 0.3 is 0 Å². The van der Waals surface area contributed by atoms with Crippen molar-refractivity contribution in [3.8, 4) is 11.4 Å². The minimum absolute atomic E-state index is 0.502. The highest BCUT2D eigenvalue weighted by Gasteiger charge is 2.12. The third-order valence-electron chi connectivity index (χ3n) is 3.73. The van der Waals surface area contributed by atoms with E-state index < -0.39 is 0 Å². The van der Waals surface area contributed by atoms with E-state index in [1.165, 1.54) is 4.88 Å². The number of fused-ring (bicyclic) bond motifs is 1. The molecule has 0 saturated carbocycles. The first kappa shape index (κ1) is 16.3. The largest absolute Gasteiger partial charge is 0.340 e. The number of nitrogens with one attached hydrogen (secondary N) is 1. The highest BCUT2D eigenvalue weighted by Crippen LogP contribution is 2.33. The molecule has 3 nitrogen and oxygen atoms in total. The van der Waals surface area contributed by atoms with Crippen molar-refractivity contribution in [2.45, 2.75) is 6.92 Å². The first-order valence-electron chi connectivity index (χ1n) is 7.66. The van der Waals surface area contributed by atoms with Crippen molar-refractivity contribution in [1.82, 2.24) is 9.97 Å². The van der Waals surface area contributed by atoms with Crippen LogP contribution in [0.4, 0.5) is 11.5 Å². The van der Waals surface area contributed by atoms with E-state index >= 15 is 0 Å². The van der Waals surface area contributed by atoms with Gasteiger partial charge in [0, 0.05) is 16.1 Å². The standard InChI is InChI=1S/C19H13Cl2N3S/c1-11-9-14-18(22-13-7-8-15(20)16(21)10-13)23-17(24-19(14)25-11)12-5-3-2-4-6-12/h2-10H,1H3,(H,22,23,24). The Morgan fingerprint density at radius 2 is 1.72 bits per heavy atom. The van der Waals surface area contributed by atoms with Gasteiger partial charge in [-0.3, -0.25) is 0 Å². The molecule has 0 saturated heterocycles. The number of nitrogens with zero attached hydrogens (tertiary/aromatic N) is 2. The molecule has 124 valence electrons. The third-order valence-corrected chi connectivity index (χ3v) is 5.41. The monoisotopic (exact) mass is 385 g/mol. The van der Waals surface area contributed by atoms with Gasteiger partial charge in [0.2, 0.25) is 0 Å². The summed E-state index contributed by atoms with van der Waals surface area (Å²) in [6.07, 6.45) is 0. The molecule has 0 spiro atoms. The second-order valence-electron chi connectivity index (χ2n) is 5.59. The van der Waals surface area contributed by atoms with Crippen molar-refractivity contribution in [2.75, 3.05) is 5.32 Å². The van der Waals surface area contributed by atoms with Crippen molar-refractivity contribution in [3.63, 3.8) is 0 Å². The Morgan fingerprint density at radius 3 is 2.48 bits per heavy atom. The van der Waals surface area contributed by atoms with Crippen molar-refractivity contribution in [3.05, 3.63) is 69.5 Å². The van der Waals surface area contributed by atoms with Crippen LogP contribution in [-0.4, -0.2) is 9.97 Å². The molecule has 1 N–H and O–H groups in total. The molecule has 0 bridgehead atoms. The maximum Gasteiger partial charge on any atom is 0.163 e. The van der Waals surface area contributed by atoms with Gasteiger partial charge in [-0.05, 0) is 31.2 Å². The Labute approximate surface area is 159 Å². The molecule has 6 heteroatoms. The predicted octanol–water partition coefficient (Wildman–Crippen LogP) is 6.72. The lowest BCUT2D eigenvalue weighted by Gasteiger charge is -2.10. The van der Waals surface area contributed by atoms with Crippen LogP contribution in [0.3, 0.4) is 0 Å². The molecule has 25 heavy (non-hydrogen) atoms. The predicted molar refractivity (Wildman–Crippen MR) is 107 cm³/mol. The molecule has 2 aromatic heterocycles. The Bertz CT molecular complexity index is 1060. The molecule has 0 aliphatic carbocycles. The molecule has 0 radical (unpaired) electrons. The molecule has 0 aliphatic rings. The van der Waals surface area contributed by atoms with Crippen molar-refractivity contribution in [1.29, 1.82) is 0 Å². The molecular formula is C19H13Cl2N3S. The molecule has 0 aliphatic heterocycles. The van der Waals surface area contributed by atoms with E-state index in [0.29, 0.717) is 15.9 Å². The Kier molecular flexibility index (Phi) is 4.34. The summed E-state index contributed by atoms with van der Waals surface area (Å²) in [6, 6.07) is 17.5. The molecule has 0 unspecified atom stereocenters. The van der Waals surface area contributed by atoms with Crippen LogP contribution in [0.2, 0.25) is 10.0 Å². The highest BCUT2D eigenvalue weighted by molar-refractivity contribution is 7.18. The molecular weight excluding hydrogens is 373 g/mol. The van der Waals surface area contributed by atoms with E-state index in [9.17, 15) is 0 Å². The van der Waals surface area contributed by atoms with E-state index in [4.69, 9.17) is 33.2 Å². The summed E-state index contributed by atoms with van der Waals surface area (Å²) in [6.45, 7) is 2.07. The molecule has 4 aromatic rings. The van der Waals surface area contributed by atoms with E-state index in [0.717, 1.165) is 27.3 Å². The summed E-state index contributed by atoms with van der Waals surface area (Å²) >= 11 is 13.8. The average Bonchev–Trinajstić information content (AvgIpc) is 2.99. The summed E-state index contributed by atoms with van der Waals surface area (Å²) in [5, 5.41) is 5.37. The van der Waals surface area contributed by atoms with Crippen LogP contribution in [0.15, 0.2) is 54.6 Å². The van der Waals surface area contributed by atoms with Gasteiger partial charge in [0.15, 0.2) is 5.82 Å².